The number of aromatic nitrogens is 4. The molecule has 8 heteroatoms. The Labute approximate surface area is 184 Å². The highest BCUT2D eigenvalue weighted by molar-refractivity contribution is 7.99. The van der Waals surface area contributed by atoms with Crippen LogP contribution in [0.2, 0.25) is 0 Å². The van der Waals surface area contributed by atoms with Gasteiger partial charge in [-0.1, -0.05) is 79.3 Å². The summed E-state index contributed by atoms with van der Waals surface area (Å²) in [6.45, 7) is 4.03. The minimum absolute atomic E-state index is 0.175. The fourth-order valence-electron chi connectivity index (χ4n) is 3.05. The van der Waals surface area contributed by atoms with Crippen molar-refractivity contribution in [3.8, 4) is 5.69 Å². The lowest BCUT2D eigenvalue weighted by molar-refractivity contribution is -0.113. The molecule has 0 saturated heterocycles. The standard InChI is InChI=1S/C23H23N5O2S/c1-16(2)19-14-22(30-27-19)24-21(29)15-31-23-26-25-20(13-17-9-5-3-6-10-17)28(23)18-11-7-4-8-12-18/h3-12,14,16H,13,15H2,1-2H3,(H,24,29). The van der Waals surface area contributed by atoms with Crippen molar-refractivity contribution in [2.24, 2.45) is 0 Å². The molecule has 4 rings (SSSR count). The van der Waals surface area contributed by atoms with Crippen LogP contribution in [0.3, 0.4) is 0 Å². The first-order valence-corrected chi connectivity index (χ1v) is 11.0. The Kier molecular flexibility index (Phi) is 6.47. The van der Waals surface area contributed by atoms with Crippen molar-refractivity contribution in [3.63, 3.8) is 0 Å². The number of carbonyl (C=O) groups is 1. The molecule has 0 aliphatic heterocycles. The van der Waals surface area contributed by atoms with E-state index in [-0.39, 0.29) is 17.6 Å². The third-order valence-corrected chi connectivity index (χ3v) is 5.56. The molecule has 4 aromatic rings. The van der Waals surface area contributed by atoms with Gasteiger partial charge in [-0.25, -0.2) is 0 Å². The minimum atomic E-state index is -0.191. The Morgan fingerprint density at radius 1 is 1.06 bits per heavy atom. The normalized spacial score (nSPS) is 11.1. The number of nitrogens with zero attached hydrogens (tertiary/aromatic N) is 4. The molecule has 2 heterocycles. The minimum Gasteiger partial charge on any atom is -0.338 e. The largest absolute Gasteiger partial charge is 0.338 e. The molecular weight excluding hydrogens is 410 g/mol. The number of para-hydroxylation sites is 1. The second-order valence-electron chi connectivity index (χ2n) is 7.34. The Morgan fingerprint density at radius 3 is 2.45 bits per heavy atom. The summed E-state index contributed by atoms with van der Waals surface area (Å²) in [6, 6.07) is 21.8. The molecule has 158 valence electrons. The third kappa shape index (κ3) is 5.21. The Morgan fingerprint density at radius 2 is 1.77 bits per heavy atom. The first kappa shape index (κ1) is 20.9. The highest BCUT2D eigenvalue weighted by Gasteiger charge is 2.17. The maximum atomic E-state index is 12.4. The lowest BCUT2D eigenvalue weighted by atomic mass is 10.1. The van der Waals surface area contributed by atoms with Gasteiger partial charge < -0.3 is 4.52 Å². The quantitative estimate of drug-likeness (QED) is 0.405. The molecule has 0 aliphatic carbocycles. The van der Waals surface area contributed by atoms with E-state index in [1.165, 1.54) is 11.8 Å². The molecule has 0 atom stereocenters. The average molecular weight is 434 g/mol. The van der Waals surface area contributed by atoms with Crippen molar-refractivity contribution in [1.82, 2.24) is 19.9 Å². The van der Waals surface area contributed by atoms with Gasteiger partial charge >= 0.3 is 0 Å². The highest BCUT2D eigenvalue weighted by Crippen LogP contribution is 2.24. The summed E-state index contributed by atoms with van der Waals surface area (Å²) in [4.78, 5) is 12.4. The number of nitrogens with one attached hydrogen (secondary N) is 1. The van der Waals surface area contributed by atoms with E-state index in [1.54, 1.807) is 6.07 Å². The second-order valence-corrected chi connectivity index (χ2v) is 8.28. The van der Waals surface area contributed by atoms with Gasteiger partial charge in [0.1, 0.15) is 5.82 Å². The van der Waals surface area contributed by atoms with Crippen LogP contribution < -0.4 is 5.32 Å². The number of anilines is 1. The maximum absolute atomic E-state index is 12.4. The number of thioether (sulfide) groups is 1. The highest BCUT2D eigenvalue weighted by atomic mass is 32.2. The molecule has 0 saturated carbocycles. The van der Waals surface area contributed by atoms with Gasteiger partial charge in [-0.2, -0.15) is 0 Å². The molecule has 0 aliphatic rings. The van der Waals surface area contributed by atoms with Crippen LogP contribution in [0.15, 0.2) is 76.4 Å². The van der Waals surface area contributed by atoms with Crippen LogP contribution in [-0.4, -0.2) is 31.6 Å². The van der Waals surface area contributed by atoms with Crippen molar-refractivity contribution >= 4 is 23.6 Å². The van der Waals surface area contributed by atoms with Gasteiger partial charge in [0.15, 0.2) is 5.16 Å². The summed E-state index contributed by atoms with van der Waals surface area (Å²) >= 11 is 1.33. The zero-order valence-corrected chi connectivity index (χ0v) is 18.2. The Hall–Kier alpha value is -3.39. The maximum Gasteiger partial charge on any atom is 0.237 e. The number of amides is 1. The third-order valence-electron chi connectivity index (χ3n) is 4.63. The first-order chi connectivity index (χ1) is 15.1. The van der Waals surface area contributed by atoms with E-state index in [2.05, 4.69) is 32.8 Å². The van der Waals surface area contributed by atoms with Crippen molar-refractivity contribution in [3.05, 3.63) is 83.8 Å². The second kappa shape index (κ2) is 9.61. The average Bonchev–Trinajstić information content (AvgIpc) is 3.41. The van der Waals surface area contributed by atoms with E-state index in [0.29, 0.717) is 17.5 Å². The van der Waals surface area contributed by atoms with Crippen LogP contribution in [-0.2, 0) is 11.2 Å². The summed E-state index contributed by atoms with van der Waals surface area (Å²) in [5.74, 6) is 1.38. The molecule has 31 heavy (non-hydrogen) atoms. The molecule has 7 nitrogen and oxygen atoms in total. The van der Waals surface area contributed by atoms with Crippen molar-refractivity contribution in [1.29, 1.82) is 0 Å². The van der Waals surface area contributed by atoms with E-state index in [4.69, 9.17) is 4.52 Å². The van der Waals surface area contributed by atoms with Gasteiger partial charge in [0.05, 0.1) is 11.4 Å². The lowest BCUT2D eigenvalue weighted by Gasteiger charge is -2.10. The van der Waals surface area contributed by atoms with Gasteiger partial charge in [-0.05, 0) is 23.6 Å². The molecule has 1 amide bonds. The Balaban J connectivity index is 1.50. The van der Waals surface area contributed by atoms with E-state index < -0.39 is 0 Å². The van der Waals surface area contributed by atoms with Crippen LogP contribution in [0.5, 0.6) is 0 Å². The van der Waals surface area contributed by atoms with Crippen LogP contribution in [0.4, 0.5) is 5.88 Å². The topological polar surface area (TPSA) is 85.8 Å². The van der Waals surface area contributed by atoms with Gasteiger partial charge in [0, 0.05) is 18.2 Å². The summed E-state index contributed by atoms with van der Waals surface area (Å²) in [5.41, 5.74) is 2.91. The monoisotopic (exact) mass is 433 g/mol. The summed E-state index contributed by atoms with van der Waals surface area (Å²) in [7, 11) is 0. The molecule has 0 radical (unpaired) electrons. The van der Waals surface area contributed by atoms with Crippen molar-refractivity contribution in [2.45, 2.75) is 31.3 Å². The summed E-state index contributed by atoms with van der Waals surface area (Å²) in [5, 5.41) is 16.1. The molecular formula is C23H23N5O2S. The fraction of sp³-hybridized carbons (Fsp3) is 0.217. The number of benzene rings is 2. The van der Waals surface area contributed by atoms with Gasteiger partial charge in [0.2, 0.25) is 11.8 Å². The number of rotatable bonds is 8. The number of hydrogen-bond acceptors (Lipinski definition) is 6. The molecule has 0 bridgehead atoms. The lowest BCUT2D eigenvalue weighted by Crippen LogP contribution is -2.14. The summed E-state index contributed by atoms with van der Waals surface area (Å²) < 4.78 is 7.18. The van der Waals surface area contributed by atoms with Gasteiger partial charge in [-0.15, -0.1) is 10.2 Å². The van der Waals surface area contributed by atoms with Gasteiger partial charge in [-0.3, -0.25) is 14.7 Å². The van der Waals surface area contributed by atoms with Crippen LogP contribution >= 0.6 is 11.8 Å². The predicted molar refractivity (Wildman–Crippen MR) is 121 cm³/mol. The Bertz CT molecular complexity index is 1140. The molecule has 2 aromatic heterocycles. The van der Waals surface area contributed by atoms with E-state index in [9.17, 15) is 4.79 Å². The van der Waals surface area contributed by atoms with E-state index in [0.717, 1.165) is 22.8 Å². The zero-order valence-electron chi connectivity index (χ0n) is 17.4. The van der Waals surface area contributed by atoms with E-state index in [1.807, 2.05) is 66.9 Å². The van der Waals surface area contributed by atoms with E-state index >= 15 is 0 Å². The van der Waals surface area contributed by atoms with Crippen molar-refractivity contribution in [2.75, 3.05) is 11.1 Å². The number of carbonyl (C=O) groups excluding carboxylic acids is 1. The van der Waals surface area contributed by atoms with Crippen LogP contribution in [0, 0.1) is 0 Å². The first-order valence-electron chi connectivity index (χ1n) is 10.0. The van der Waals surface area contributed by atoms with Gasteiger partial charge in [0.25, 0.3) is 0 Å². The molecule has 1 N–H and O–H groups in total. The zero-order chi connectivity index (χ0) is 21.6. The summed E-state index contributed by atoms with van der Waals surface area (Å²) in [6.07, 6.45) is 0.644. The SMILES string of the molecule is CC(C)c1cc(NC(=O)CSc2nnc(Cc3ccccc3)n2-c2ccccc2)on1. The van der Waals surface area contributed by atoms with Crippen molar-refractivity contribution < 1.29 is 9.32 Å². The molecule has 0 fully saturated rings. The number of hydrogen-bond donors (Lipinski definition) is 1. The van der Waals surface area contributed by atoms with Crippen LogP contribution in [0.25, 0.3) is 5.69 Å². The smallest absolute Gasteiger partial charge is 0.237 e. The molecule has 2 aromatic carbocycles. The van der Waals surface area contributed by atoms with Crippen LogP contribution in [0.1, 0.15) is 36.8 Å². The molecule has 0 unspecified atom stereocenters. The predicted octanol–water partition coefficient (Wildman–Crippen LogP) is 4.70. The molecule has 0 spiro atoms. The fourth-order valence-corrected chi connectivity index (χ4v) is 3.82.